The molecular formula is C20H23N3O3S. The van der Waals surface area contributed by atoms with Crippen molar-refractivity contribution in [3.05, 3.63) is 51.3 Å². The maximum absolute atomic E-state index is 13.0. The van der Waals surface area contributed by atoms with Gasteiger partial charge in [-0.3, -0.25) is 14.9 Å². The molecule has 7 heteroatoms. The predicted molar refractivity (Wildman–Crippen MR) is 109 cm³/mol. The second-order valence-electron chi connectivity index (χ2n) is 6.51. The Labute approximate surface area is 161 Å². The van der Waals surface area contributed by atoms with E-state index in [1.54, 1.807) is 22.8 Å². The number of rotatable bonds is 7. The molecule has 0 bridgehead atoms. The van der Waals surface area contributed by atoms with Crippen LogP contribution >= 0.6 is 11.3 Å². The van der Waals surface area contributed by atoms with Crippen LogP contribution in [0.15, 0.2) is 34.4 Å². The standard InChI is InChI=1S/C20H23N3O3S/c1-3-4-5-8-11-23-15-10-7-6-9-14(15)17(24)16(19(23)26)18(25)22-20-21-13(2)12-27-20/h6-7,9-10,12,24H,3-5,8,11H2,1-2H3,(H,21,22,25). The average molecular weight is 385 g/mol. The summed E-state index contributed by atoms with van der Waals surface area (Å²) < 4.78 is 1.59. The fourth-order valence-corrected chi connectivity index (χ4v) is 3.77. The van der Waals surface area contributed by atoms with Gasteiger partial charge in [0.05, 0.1) is 11.2 Å². The van der Waals surface area contributed by atoms with Gasteiger partial charge >= 0.3 is 0 Å². The first-order chi connectivity index (χ1) is 13.0. The monoisotopic (exact) mass is 385 g/mol. The number of aromatic nitrogens is 2. The van der Waals surface area contributed by atoms with Gasteiger partial charge in [0.15, 0.2) is 5.13 Å². The Morgan fingerprint density at radius 1 is 1.26 bits per heavy atom. The molecule has 3 rings (SSSR count). The van der Waals surface area contributed by atoms with E-state index in [-0.39, 0.29) is 11.3 Å². The number of para-hydroxylation sites is 1. The molecule has 3 aromatic rings. The van der Waals surface area contributed by atoms with E-state index in [0.29, 0.717) is 22.6 Å². The molecule has 142 valence electrons. The molecule has 0 saturated carbocycles. The fraction of sp³-hybridized carbons (Fsp3) is 0.350. The van der Waals surface area contributed by atoms with E-state index in [0.717, 1.165) is 31.4 Å². The molecule has 0 spiro atoms. The summed E-state index contributed by atoms with van der Waals surface area (Å²) in [5.74, 6) is -0.925. The molecule has 2 heterocycles. The lowest BCUT2D eigenvalue weighted by atomic mass is 10.1. The van der Waals surface area contributed by atoms with Gasteiger partial charge in [-0.2, -0.15) is 0 Å². The summed E-state index contributed by atoms with van der Waals surface area (Å²) in [6.07, 6.45) is 4.06. The summed E-state index contributed by atoms with van der Waals surface area (Å²) in [6.45, 7) is 4.46. The molecule has 0 aliphatic rings. The number of pyridine rings is 1. The zero-order valence-electron chi connectivity index (χ0n) is 15.5. The van der Waals surface area contributed by atoms with Gasteiger partial charge in [-0.25, -0.2) is 4.98 Å². The van der Waals surface area contributed by atoms with Gasteiger partial charge < -0.3 is 9.67 Å². The van der Waals surface area contributed by atoms with Crippen LogP contribution in [0.2, 0.25) is 0 Å². The summed E-state index contributed by atoms with van der Waals surface area (Å²) in [5, 5.41) is 16.0. The van der Waals surface area contributed by atoms with E-state index < -0.39 is 11.5 Å². The van der Waals surface area contributed by atoms with Gasteiger partial charge in [-0.15, -0.1) is 11.3 Å². The summed E-state index contributed by atoms with van der Waals surface area (Å²) in [5.41, 5.74) is 0.704. The van der Waals surface area contributed by atoms with Crippen molar-refractivity contribution in [3.63, 3.8) is 0 Å². The summed E-state index contributed by atoms with van der Waals surface area (Å²) in [6, 6.07) is 7.11. The number of amides is 1. The van der Waals surface area contributed by atoms with Gasteiger partial charge in [0.1, 0.15) is 11.3 Å². The lowest BCUT2D eigenvalue weighted by Crippen LogP contribution is -2.30. The number of thiazole rings is 1. The van der Waals surface area contributed by atoms with Crippen molar-refractivity contribution in [1.29, 1.82) is 0 Å². The van der Waals surface area contributed by atoms with Crippen LogP contribution < -0.4 is 10.9 Å². The number of carbonyl (C=O) groups excluding carboxylic acids is 1. The molecule has 1 aromatic carbocycles. The first-order valence-corrected chi connectivity index (χ1v) is 9.99. The number of benzene rings is 1. The maximum atomic E-state index is 13.0. The smallest absolute Gasteiger partial charge is 0.267 e. The highest BCUT2D eigenvalue weighted by Gasteiger charge is 2.22. The van der Waals surface area contributed by atoms with E-state index in [9.17, 15) is 14.7 Å². The van der Waals surface area contributed by atoms with Crippen molar-refractivity contribution >= 4 is 33.3 Å². The second-order valence-corrected chi connectivity index (χ2v) is 7.36. The van der Waals surface area contributed by atoms with E-state index in [4.69, 9.17) is 0 Å². The van der Waals surface area contributed by atoms with Gasteiger partial charge in [0.25, 0.3) is 11.5 Å². The Morgan fingerprint density at radius 3 is 2.74 bits per heavy atom. The van der Waals surface area contributed by atoms with Gasteiger partial charge in [0, 0.05) is 17.3 Å². The van der Waals surface area contributed by atoms with Gasteiger partial charge in [-0.1, -0.05) is 38.3 Å². The Balaban J connectivity index is 2.03. The van der Waals surface area contributed by atoms with Crippen LogP contribution in [-0.2, 0) is 6.54 Å². The van der Waals surface area contributed by atoms with Crippen molar-refractivity contribution in [2.24, 2.45) is 0 Å². The lowest BCUT2D eigenvalue weighted by molar-refractivity contribution is 0.102. The fourth-order valence-electron chi connectivity index (χ4n) is 3.08. The molecule has 0 aliphatic heterocycles. The van der Waals surface area contributed by atoms with E-state index in [2.05, 4.69) is 17.2 Å². The number of hydrogen-bond acceptors (Lipinski definition) is 5. The third-order valence-corrected chi connectivity index (χ3v) is 5.32. The summed E-state index contributed by atoms with van der Waals surface area (Å²) >= 11 is 1.28. The highest BCUT2D eigenvalue weighted by molar-refractivity contribution is 7.13. The third kappa shape index (κ3) is 4.03. The molecule has 0 radical (unpaired) electrons. The maximum Gasteiger partial charge on any atom is 0.267 e. The number of unbranched alkanes of at least 4 members (excludes halogenated alkanes) is 3. The van der Waals surface area contributed by atoms with Crippen molar-refractivity contribution in [2.45, 2.75) is 46.1 Å². The zero-order chi connectivity index (χ0) is 19.4. The normalized spacial score (nSPS) is 11.0. The van der Waals surface area contributed by atoms with Crippen molar-refractivity contribution in [3.8, 4) is 5.75 Å². The topological polar surface area (TPSA) is 84.2 Å². The molecule has 6 nitrogen and oxygen atoms in total. The molecule has 0 saturated heterocycles. The van der Waals surface area contributed by atoms with Gasteiger partial charge in [-0.05, 0) is 25.5 Å². The summed E-state index contributed by atoms with van der Waals surface area (Å²) in [7, 11) is 0. The third-order valence-electron chi connectivity index (χ3n) is 4.45. The lowest BCUT2D eigenvalue weighted by Gasteiger charge is -2.14. The molecule has 0 atom stereocenters. The summed E-state index contributed by atoms with van der Waals surface area (Å²) in [4.78, 5) is 29.9. The minimum absolute atomic E-state index is 0.239. The molecule has 2 aromatic heterocycles. The average Bonchev–Trinajstić information content (AvgIpc) is 3.06. The number of hydrogen-bond donors (Lipinski definition) is 2. The van der Waals surface area contributed by atoms with Crippen molar-refractivity contribution in [2.75, 3.05) is 5.32 Å². The van der Waals surface area contributed by atoms with Crippen LogP contribution in [0.4, 0.5) is 5.13 Å². The molecule has 1 amide bonds. The number of nitrogens with zero attached hydrogens (tertiary/aromatic N) is 2. The number of fused-ring (bicyclic) bond motifs is 1. The predicted octanol–water partition coefficient (Wildman–Crippen LogP) is 4.30. The Kier molecular flexibility index (Phi) is 5.91. The van der Waals surface area contributed by atoms with Crippen molar-refractivity contribution in [1.82, 2.24) is 9.55 Å². The van der Waals surface area contributed by atoms with Crippen LogP contribution in [-0.4, -0.2) is 20.6 Å². The van der Waals surface area contributed by atoms with Crippen LogP contribution in [0.3, 0.4) is 0 Å². The SMILES string of the molecule is CCCCCCn1c(=O)c(C(=O)Nc2nc(C)cs2)c(O)c2ccccc21. The van der Waals surface area contributed by atoms with Gasteiger partial charge in [0.2, 0.25) is 0 Å². The first kappa shape index (κ1) is 19.1. The minimum Gasteiger partial charge on any atom is -0.506 e. The van der Waals surface area contributed by atoms with Crippen LogP contribution in [0, 0.1) is 6.92 Å². The van der Waals surface area contributed by atoms with E-state index >= 15 is 0 Å². The number of carbonyl (C=O) groups is 1. The number of aryl methyl sites for hydroxylation is 2. The van der Waals surface area contributed by atoms with Crippen LogP contribution in [0.1, 0.15) is 48.7 Å². The quantitative estimate of drug-likeness (QED) is 0.594. The molecular weight excluding hydrogens is 362 g/mol. The minimum atomic E-state index is -0.639. The highest BCUT2D eigenvalue weighted by Crippen LogP contribution is 2.27. The molecule has 0 aliphatic carbocycles. The molecule has 0 unspecified atom stereocenters. The molecule has 27 heavy (non-hydrogen) atoms. The molecule has 0 fully saturated rings. The Morgan fingerprint density at radius 2 is 2.04 bits per heavy atom. The number of aromatic hydroxyl groups is 1. The number of anilines is 1. The Bertz CT molecular complexity index is 1020. The molecule has 2 N–H and O–H groups in total. The van der Waals surface area contributed by atoms with E-state index in [1.165, 1.54) is 11.3 Å². The van der Waals surface area contributed by atoms with Crippen molar-refractivity contribution < 1.29 is 9.90 Å². The van der Waals surface area contributed by atoms with E-state index in [1.807, 2.05) is 18.4 Å². The van der Waals surface area contributed by atoms with Crippen LogP contribution in [0.25, 0.3) is 10.9 Å². The largest absolute Gasteiger partial charge is 0.506 e. The van der Waals surface area contributed by atoms with Crippen LogP contribution in [0.5, 0.6) is 5.75 Å². The zero-order valence-corrected chi connectivity index (χ0v) is 16.3. The number of nitrogens with one attached hydrogen (secondary N) is 1. The first-order valence-electron chi connectivity index (χ1n) is 9.11. The highest BCUT2D eigenvalue weighted by atomic mass is 32.1. The second kappa shape index (κ2) is 8.35. The Hall–Kier alpha value is -2.67.